The van der Waals surface area contributed by atoms with Crippen LogP contribution in [0.2, 0.25) is 10.0 Å². The molecule has 2 rings (SSSR count). The van der Waals surface area contributed by atoms with E-state index in [1.165, 1.54) is 0 Å². The molecule has 124 valence electrons. The zero-order valence-electron chi connectivity index (χ0n) is 12.7. The van der Waals surface area contributed by atoms with Crippen LogP contribution in [0.15, 0.2) is 18.2 Å². The molecule has 0 saturated heterocycles. The SMILES string of the molecule is CCN(Cc1ccc(Cl)c(Cl)c1)C(=O)[C@@H]1CCC[C@@H]1CN.Cl. The van der Waals surface area contributed by atoms with Crippen molar-refractivity contribution in [1.82, 2.24) is 4.90 Å². The van der Waals surface area contributed by atoms with Gasteiger partial charge in [-0.05, 0) is 49.9 Å². The largest absolute Gasteiger partial charge is 0.338 e. The van der Waals surface area contributed by atoms with Gasteiger partial charge in [0.25, 0.3) is 0 Å². The van der Waals surface area contributed by atoms with Gasteiger partial charge in [0, 0.05) is 19.0 Å². The Kier molecular flexibility index (Phi) is 7.98. The highest BCUT2D eigenvalue weighted by Gasteiger charge is 2.34. The van der Waals surface area contributed by atoms with Crippen LogP contribution in [-0.4, -0.2) is 23.9 Å². The van der Waals surface area contributed by atoms with Crippen LogP contribution in [0.4, 0.5) is 0 Å². The third-order valence-corrected chi connectivity index (χ3v) is 5.07. The van der Waals surface area contributed by atoms with E-state index < -0.39 is 0 Å². The van der Waals surface area contributed by atoms with E-state index in [2.05, 4.69) is 0 Å². The Hall–Kier alpha value is -0.480. The van der Waals surface area contributed by atoms with Gasteiger partial charge in [0.05, 0.1) is 10.0 Å². The van der Waals surface area contributed by atoms with E-state index in [9.17, 15) is 4.79 Å². The zero-order valence-corrected chi connectivity index (χ0v) is 15.1. The minimum Gasteiger partial charge on any atom is -0.338 e. The van der Waals surface area contributed by atoms with Gasteiger partial charge in [-0.25, -0.2) is 0 Å². The van der Waals surface area contributed by atoms with Crippen LogP contribution in [0.3, 0.4) is 0 Å². The molecule has 1 aromatic carbocycles. The lowest BCUT2D eigenvalue weighted by Gasteiger charge is -2.27. The molecule has 0 aromatic heterocycles. The second kappa shape index (κ2) is 8.97. The molecule has 0 unspecified atom stereocenters. The fourth-order valence-corrected chi connectivity index (χ4v) is 3.40. The van der Waals surface area contributed by atoms with Crippen molar-refractivity contribution in [3.05, 3.63) is 33.8 Å². The third kappa shape index (κ3) is 4.51. The Balaban J connectivity index is 0.00000242. The molecule has 1 amide bonds. The fourth-order valence-electron chi connectivity index (χ4n) is 3.08. The number of nitrogens with two attached hydrogens (primary N) is 1. The smallest absolute Gasteiger partial charge is 0.226 e. The van der Waals surface area contributed by atoms with E-state index in [1.54, 1.807) is 6.07 Å². The van der Waals surface area contributed by atoms with Gasteiger partial charge in [-0.2, -0.15) is 0 Å². The number of benzene rings is 1. The van der Waals surface area contributed by atoms with Crippen LogP contribution in [-0.2, 0) is 11.3 Å². The van der Waals surface area contributed by atoms with Crippen LogP contribution < -0.4 is 5.73 Å². The molecular weight excluding hydrogens is 343 g/mol. The molecule has 0 heterocycles. The summed E-state index contributed by atoms with van der Waals surface area (Å²) in [7, 11) is 0. The van der Waals surface area contributed by atoms with Crippen LogP contribution >= 0.6 is 35.6 Å². The predicted octanol–water partition coefficient (Wildman–Crippen LogP) is 4.14. The molecule has 1 aliphatic carbocycles. The summed E-state index contributed by atoms with van der Waals surface area (Å²) in [4.78, 5) is 14.6. The maximum atomic E-state index is 12.7. The second-order valence-electron chi connectivity index (χ2n) is 5.63. The van der Waals surface area contributed by atoms with Gasteiger partial charge in [-0.15, -0.1) is 12.4 Å². The summed E-state index contributed by atoms with van der Waals surface area (Å²) < 4.78 is 0. The molecule has 0 radical (unpaired) electrons. The lowest BCUT2D eigenvalue weighted by atomic mass is 9.94. The molecule has 0 spiro atoms. The van der Waals surface area contributed by atoms with Crippen LogP contribution in [0.1, 0.15) is 31.7 Å². The highest BCUT2D eigenvalue weighted by Crippen LogP contribution is 2.33. The minimum atomic E-state index is 0. The van der Waals surface area contributed by atoms with Gasteiger partial charge in [0.15, 0.2) is 0 Å². The number of amides is 1. The summed E-state index contributed by atoms with van der Waals surface area (Å²) in [6.45, 7) is 3.86. The number of hydrogen-bond acceptors (Lipinski definition) is 2. The number of rotatable bonds is 5. The van der Waals surface area contributed by atoms with E-state index in [1.807, 2.05) is 24.0 Å². The first-order valence-electron chi connectivity index (χ1n) is 7.49. The Labute approximate surface area is 148 Å². The molecule has 0 bridgehead atoms. The van der Waals surface area contributed by atoms with Crippen molar-refractivity contribution in [3.8, 4) is 0 Å². The first kappa shape index (κ1) is 19.6. The maximum absolute atomic E-state index is 12.7. The lowest BCUT2D eigenvalue weighted by molar-refractivity contribution is -0.137. The molecule has 3 nitrogen and oxygen atoms in total. The van der Waals surface area contributed by atoms with Crippen molar-refractivity contribution in [2.75, 3.05) is 13.1 Å². The molecule has 1 saturated carbocycles. The summed E-state index contributed by atoms with van der Waals surface area (Å²) in [5, 5.41) is 1.06. The van der Waals surface area contributed by atoms with Gasteiger partial charge >= 0.3 is 0 Å². The number of carbonyl (C=O) groups is 1. The zero-order chi connectivity index (χ0) is 15.4. The standard InChI is InChI=1S/C16H22Cl2N2O.ClH/c1-2-20(10-11-6-7-14(17)15(18)8-11)16(21)13-5-3-4-12(13)9-19;/h6-8,12-13H,2-5,9-10,19H2,1H3;1H/t12-,13-;/m1./s1. The van der Waals surface area contributed by atoms with Gasteiger partial charge in [0.1, 0.15) is 0 Å². The Morgan fingerprint density at radius 2 is 2.05 bits per heavy atom. The number of halogens is 3. The number of carbonyl (C=O) groups excluding carboxylic acids is 1. The Bertz CT molecular complexity index is 510. The highest BCUT2D eigenvalue weighted by atomic mass is 35.5. The average Bonchev–Trinajstić information content (AvgIpc) is 2.96. The monoisotopic (exact) mass is 364 g/mol. The van der Waals surface area contributed by atoms with Crippen molar-refractivity contribution in [3.63, 3.8) is 0 Å². The minimum absolute atomic E-state index is 0. The van der Waals surface area contributed by atoms with Crippen molar-refractivity contribution < 1.29 is 4.79 Å². The van der Waals surface area contributed by atoms with E-state index >= 15 is 0 Å². The molecule has 0 aliphatic heterocycles. The molecule has 1 fully saturated rings. The summed E-state index contributed by atoms with van der Waals surface area (Å²) in [6.07, 6.45) is 3.12. The Morgan fingerprint density at radius 3 is 2.64 bits per heavy atom. The average molecular weight is 366 g/mol. The number of hydrogen-bond donors (Lipinski definition) is 1. The summed E-state index contributed by atoms with van der Waals surface area (Å²) >= 11 is 12.0. The van der Waals surface area contributed by atoms with Crippen molar-refractivity contribution in [2.24, 2.45) is 17.6 Å². The molecule has 2 N–H and O–H groups in total. The third-order valence-electron chi connectivity index (χ3n) is 4.33. The van der Waals surface area contributed by atoms with E-state index in [0.29, 0.717) is 35.6 Å². The van der Waals surface area contributed by atoms with Gasteiger partial charge in [0.2, 0.25) is 5.91 Å². The molecule has 6 heteroatoms. The quantitative estimate of drug-likeness (QED) is 0.852. The second-order valence-corrected chi connectivity index (χ2v) is 6.45. The first-order chi connectivity index (χ1) is 10.1. The van der Waals surface area contributed by atoms with E-state index in [4.69, 9.17) is 28.9 Å². The van der Waals surface area contributed by atoms with Crippen molar-refractivity contribution in [2.45, 2.75) is 32.7 Å². The molecule has 22 heavy (non-hydrogen) atoms. The van der Waals surface area contributed by atoms with Crippen molar-refractivity contribution >= 4 is 41.5 Å². The normalized spacial score (nSPS) is 20.5. The van der Waals surface area contributed by atoms with E-state index in [0.717, 1.165) is 24.8 Å². The molecule has 1 aromatic rings. The molecular formula is C16H23Cl3N2O. The van der Waals surface area contributed by atoms with Gasteiger partial charge in [-0.3, -0.25) is 4.79 Å². The molecule has 2 atom stereocenters. The fraction of sp³-hybridized carbons (Fsp3) is 0.562. The lowest BCUT2D eigenvalue weighted by Crippen LogP contribution is -2.38. The van der Waals surface area contributed by atoms with Crippen molar-refractivity contribution in [1.29, 1.82) is 0 Å². The predicted molar refractivity (Wildman–Crippen MR) is 94.7 cm³/mol. The van der Waals surface area contributed by atoms with Crippen LogP contribution in [0.25, 0.3) is 0 Å². The van der Waals surface area contributed by atoms with E-state index in [-0.39, 0.29) is 24.2 Å². The Morgan fingerprint density at radius 1 is 1.32 bits per heavy atom. The summed E-state index contributed by atoms with van der Waals surface area (Å²) in [5.41, 5.74) is 6.79. The van der Waals surface area contributed by atoms with Crippen LogP contribution in [0.5, 0.6) is 0 Å². The van der Waals surface area contributed by atoms with Gasteiger partial charge in [-0.1, -0.05) is 35.7 Å². The number of nitrogens with zero attached hydrogens (tertiary/aromatic N) is 1. The van der Waals surface area contributed by atoms with Crippen LogP contribution in [0, 0.1) is 11.8 Å². The summed E-state index contributed by atoms with van der Waals surface area (Å²) in [6, 6.07) is 5.52. The van der Waals surface area contributed by atoms with Gasteiger partial charge < -0.3 is 10.6 Å². The highest BCUT2D eigenvalue weighted by molar-refractivity contribution is 6.42. The molecule has 1 aliphatic rings. The summed E-state index contributed by atoms with van der Waals surface area (Å²) in [5.74, 6) is 0.634. The topological polar surface area (TPSA) is 46.3 Å². The first-order valence-corrected chi connectivity index (χ1v) is 8.25. The maximum Gasteiger partial charge on any atom is 0.226 e.